The molecule has 0 saturated carbocycles. The van der Waals surface area contributed by atoms with E-state index in [2.05, 4.69) is 20.9 Å². The van der Waals surface area contributed by atoms with Gasteiger partial charge in [-0.2, -0.15) is 5.26 Å². The van der Waals surface area contributed by atoms with Crippen molar-refractivity contribution in [3.05, 3.63) is 52.5 Å². The second kappa shape index (κ2) is 9.20. The molecule has 2 aromatic rings. The van der Waals surface area contributed by atoms with Crippen LogP contribution >= 0.6 is 15.9 Å². The number of nitrogens with zero attached hydrogens (tertiary/aromatic N) is 3. The van der Waals surface area contributed by atoms with Gasteiger partial charge in [-0.25, -0.2) is 4.99 Å². The maximum absolute atomic E-state index is 10.3. The number of aliphatic imine (C=N–C) groups is 1. The lowest BCUT2D eigenvalue weighted by atomic mass is 10.2. The molecule has 3 N–H and O–H groups in total. The van der Waals surface area contributed by atoms with Crippen LogP contribution < -0.4 is 10.6 Å². The van der Waals surface area contributed by atoms with Gasteiger partial charge in [0, 0.05) is 18.7 Å². The molecule has 0 aliphatic carbocycles. The molecule has 0 atom stereocenters. The Bertz CT molecular complexity index is 831. The Hall–Kier alpha value is -2.60. The van der Waals surface area contributed by atoms with Crippen LogP contribution in [0.3, 0.4) is 0 Å². The number of anilines is 1. The number of nitriles is 1. The SMILES string of the molecule is COC(CN(C(N)=Nc1ccccc1Br)c1ccc(C#N)cc1O)OC. The van der Waals surface area contributed by atoms with Crippen LogP contribution in [0.5, 0.6) is 5.75 Å². The van der Waals surface area contributed by atoms with Crippen LogP contribution in [-0.2, 0) is 9.47 Å². The monoisotopic (exact) mass is 418 g/mol. The summed E-state index contributed by atoms with van der Waals surface area (Å²) >= 11 is 3.43. The number of ether oxygens (including phenoxy) is 2. The molecule has 0 amide bonds. The largest absolute Gasteiger partial charge is 0.506 e. The number of nitrogens with two attached hydrogens (primary N) is 1. The van der Waals surface area contributed by atoms with Crippen LogP contribution in [0.15, 0.2) is 51.9 Å². The van der Waals surface area contributed by atoms with E-state index in [1.807, 2.05) is 24.3 Å². The van der Waals surface area contributed by atoms with Crippen LogP contribution in [0.25, 0.3) is 0 Å². The Morgan fingerprint density at radius 3 is 2.58 bits per heavy atom. The van der Waals surface area contributed by atoms with Gasteiger partial charge in [0.15, 0.2) is 6.29 Å². The molecule has 0 saturated heterocycles. The summed E-state index contributed by atoms with van der Waals surface area (Å²) < 4.78 is 11.3. The van der Waals surface area contributed by atoms with Gasteiger partial charge in [0.2, 0.25) is 5.96 Å². The minimum absolute atomic E-state index is 0.0970. The van der Waals surface area contributed by atoms with Crippen molar-refractivity contribution in [3.63, 3.8) is 0 Å². The van der Waals surface area contributed by atoms with Crippen LogP contribution in [0.4, 0.5) is 11.4 Å². The van der Waals surface area contributed by atoms with E-state index < -0.39 is 6.29 Å². The Labute approximate surface area is 160 Å². The first-order valence-corrected chi connectivity index (χ1v) is 8.44. The maximum Gasteiger partial charge on any atom is 0.201 e. The fourth-order valence-corrected chi connectivity index (χ4v) is 2.63. The summed E-state index contributed by atoms with van der Waals surface area (Å²) in [4.78, 5) is 5.99. The van der Waals surface area contributed by atoms with Crippen molar-refractivity contribution in [2.24, 2.45) is 10.7 Å². The molecule has 0 aliphatic heterocycles. The maximum atomic E-state index is 10.3. The normalized spacial score (nSPS) is 11.4. The molecule has 2 aromatic carbocycles. The van der Waals surface area contributed by atoms with Crippen molar-refractivity contribution in [1.29, 1.82) is 5.26 Å². The number of hydrogen-bond donors (Lipinski definition) is 2. The van der Waals surface area contributed by atoms with Gasteiger partial charge in [0.25, 0.3) is 0 Å². The molecule has 0 aliphatic rings. The van der Waals surface area contributed by atoms with Crippen molar-refractivity contribution in [1.82, 2.24) is 0 Å². The first-order valence-electron chi connectivity index (χ1n) is 7.65. The highest BCUT2D eigenvalue weighted by Gasteiger charge is 2.20. The van der Waals surface area contributed by atoms with Gasteiger partial charge >= 0.3 is 0 Å². The second-order valence-electron chi connectivity index (χ2n) is 5.25. The second-order valence-corrected chi connectivity index (χ2v) is 6.10. The molecule has 8 heteroatoms. The molecule has 0 fully saturated rings. The Morgan fingerprint density at radius 1 is 1.31 bits per heavy atom. The molecule has 0 radical (unpaired) electrons. The Morgan fingerprint density at radius 2 is 2.00 bits per heavy atom. The van der Waals surface area contributed by atoms with Gasteiger partial charge in [-0.1, -0.05) is 12.1 Å². The van der Waals surface area contributed by atoms with Gasteiger partial charge in [-0.3, -0.25) is 0 Å². The predicted octanol–water partition coefficient (Wildman–Crippen LogP) is 3.10. The van der Waals surface area contributed by atoms with Crippen molar-refractivity contribution in [2.75, 3.05) is 25.7 Å². The number of benzene rings is 2. The smallest absolute Gasteiger partial charge is 0.201 e. The lowest BCUT2D eigenvalue weighted by Crippen LogP contribution is -2.43. The zero-order valence-electron chi connectivity index (χ0n) is 14.4. The molecule has 0 unspecified atom stereocenters. The first-order chi connectivity index (χ1) is 12.5. The van der Waals surface area contributed by atoms with E-state index in [1.165, 1.54) is 20.3 Å². The third kappa shape index (κ3) is 4.73. The predicted molar refractivity (Wildman–Crippen MR) is 103 cm³/mol. The molecule has 0 aromatic heterocycles. The average Bonchev–Trinajstić information content (AvgIpc) is 2.65. The van der Waals surface area contributed by atoms with E-state index in [9.17, 15) is 5.11 Å². The molecule has 136 valence electrons. The summed E-state index contributed by atoms with van der Waals surface area (Å²) in [5.74, 6) is 0.0382. The van der Waals surface area contributed by atoms with Gasteiger partial charge in [-0.15, -0.1) is 0 Å². The van der Waals surface area contributed by atoms with Crippen LogP contribution in [-0.4, -0.2) is 38.1 Å². The average molecular weight is 419 g/mol. The zero-order valence-corrected chi connectivity index (χ0v) is 16.0. The number of hydrogen-bond acceptors (Lipinski definition) is 5. The van der Waals surface area contributed by atoms with E-state index in [0.29, 0.717) is 16.9 Å². The van der Waals surface area contributed by atoms with Gasteiger partial charge < -0.3 is 25.2 Å². The third-order valence-electron chi connectivity index (χ3n) is 3.62. The van der Waals surface area contributed by atoms with Crippen molar-refractivity contribution in [2.45, 2.75) is 6.29 Å². The number of para-hydroxylation sites is 1. The summed E-state index contributed by atoms with van der Waals surface area (Å²) in [5.41, 5.74) is 7.57. The number of methoxy groups -OCH3 is 2. The van der Waals surface area contributed by atoms with Gasteiger partial charge in [0.1, 0.15) is 5.75 Å². The van der Waals surface area contributed by atoms with Crippen LogP contribution in [0, 0.1) is 11.3 Å². The summed E-state index contributed by atoms with van der Waals surface area (Å²) in [6.07, 6.45) is -0.599. The molecule has 7 nitrogen and oxygen atoms in total. The van der Waals surface area contributed by atoms with Crippen LogP contribution in [0.2, 0.25) is 0 Å². The highest BCUT2D eigenvalue weighted by molar-refractivity contribution is 9.10. The van der Waals surface area contributed by atoms with Crippen LogP contribution in [0.1, 0.15) is 5.56 Å². The Balaban J connectivity index is 2.47. The summed E-state index contributed by atoms with van der Waals surface area (Å²) in [6, 6.07) is 13.9. The number of phenolic OH excluding ortho intramolecular Hbond substituents is 1. The highest BCUT2D eigenvalue weighted by Crippen LogP contribution is 2.30. The van der Waals surface area contributed by atoms with Crippen molar-refractivity contribution < 1.29 is 14.6 Å². The molecule has 0 bridgehead atoms. The minimum Gasteiger partial charge on any atom is -0.506 e. The standard InChI is InChI=1S/C18H19BrN4O3/c1-25-17(26-2)11-23(15-8-7-12(10-20)9-16(15)24)18(21)22-14-6-4-3-5-13(14)19/h3-9,17,24H,11H2,1-2H3,(H2,21,22). The lowest BCUT2D eigenvalue weighted by molar-refractivity contribution is -0.0935. The molecule has 0 heterocycles. The topological polar surface area (TPSA) is 104 Å². The molecule has 26 heavy (non-hydrogen) atoms. The van der Waals surface area contributed by atoms with E-state index in [-0.39, 0.29) is 18.3 Å². The molecular formula is C18H19BrN4O3. The molecular weight excluding hydrogens is 400 g/mol. The van der Waals surface area contributed by atoms with Crippen molar-refractivity contribution >= 4 is 33.3 Å². The van der Waals surface area contributed by atoms with Crippen molar-refractivity contribution in [3.8, 4) is 11.8 Å². The van der Waals surface area contributed by atoms with E-state index in [0.717, 1.165) is 4.47 Å². The molecule has 0 spiro atoms. The fourth-order valence-electron chi connectivity index (χ4n) is 2.26. The number of phenols is 1. The number of rotatable bonds is 6. The number of guanidine groups is 1. The quantitative estimate of drug-likeness (QED) is 0.424. The summed E-state index contributed by atoms with van der Waals surface area (Å²) in [7, 11) is 3.01. The third-order valence-corrected chi connectivity index (χ3v) is 4.29. The summed E-state index contributed by atoms with van der Waals surface area (Å²) in [6.45, 7) is 0.187. The van der Waals surface area contributed by atoms with Gasteiger partial charge in [0.05, 0.1) is 29.6 Å². The summed E-state index contributed by atoms with van der Waals surface area (Å²) in [5, 5.41) is 19.3. The number of halogens is 1. The van der Waals surface area contributed by atoms with E-state index in [4.69, 9.17) is 20.5 Å². The zero-order chi connectivity index (χ0) is 19.1. The molecule has 2 rings (SSSR count). The first kappa shape index (κ1) is 19.7. The van der Waals surface area contributed by atoms with Gasteiger partial charge in [-0.05, 0) is 46.3 Å². The Kier molecular flexibility index (Phi) is 6.97. The van der Waals surface area contributed by atoms with E-state index in [1.54, 1.807) is 23.1 Å². The van der Waals surface area contributed by atoms with E-state index >= 15 is 0 Å². The lowest BCUT2D eigenvalue weighted by Gasteiger charge is -2.27. The fraction of sp³-hybridized carbons (Fsp3) is 0.222. The highest BCUT2D eigenvalue weighted by atomic mass is 79.9. The number of aromatic hydroxyl groups is 1. The minimum atomic E-state index is -0.599.